The van der Waals surface area contributed by atoms with Gasteiger partial charge in [-0.25, -0.2) is 0 Å². The van der Waals surface area contributed by atoms with Crippen molar-refractivity contribution in [3.8, 4) is 0 Å². The van der Waals surface area contributed by atoms with Gasteiger partial charge < -0.3 is 9.53 Å². The van der Waals surface area contributed by atoms with E-state index in [-0.39, 0.29) is 6.10 Å². The topological polar surface area (TPSA) is 29.5 Å². The quantitative estimate of drug-likeness (QED) is 0.670. The zero-order chi connectivity index (χ0) is 15.3. The molecule has 112 valence electrons. The van der Waals surface area contributed by atoms with Crippen LogP contribution in [0, 0.1) is 0 Å². The zero-order valence-electron chi connectivity index (χ0n) is 12.9. The van der Waals surface area contributed by atoms with Crippen molar-refractivity contribution in [3.05, 3.63) is 59.5 Å². The minimum absolute atomic E-state index is 0.0242. The Bertz CT molecular complexity index is 540. The molecule has 0 aliphatic carbocycles. The van der Waals surface area contributed by atoms with Crippen molar-refractivity contribution >= 4 is 14.4 Å². The highest BCUT2D eigenvalue weighted by Crippen LogP contribution is 2.36. The number of aliphatic hydroxyl groups excluding tert-OH is 1. The van der Waals surface area contributed by atoms with E-state index in [1.165, 1.54) is 0 Å². The molecule has 0 unspecified atom stereocenters. The lowest BCUT2D eigenvalue weighted by molar-refractivity contribution is 0.111. The first-order valence-corrected chi connectivity index (χ1v) is 9.97. The van der Waals surface area contributed by atoms with E-state index in [1.54, 1.807) is 0 Å². The lowest BCUT2D eigenvalue weighted by Crippen LogP contribution is -2.51. The fourth-order valence-electron chi connectivity index (χ4n) is 3.02. The number of rotatable bonds is 4. The number of hydrogen-bond acceptors (Lipinski definition) is 2. The third-order valence-electron chi connectivity index (χ3n) is 4.29. The van der Waals surface area contributed by atoms with Gasteiger partial charge in [0.25, 0.3) is 0 Å². The van der Waals surface area contributed by atoms with Gasteiger partial charge in [0.2, 0.25) is 8.32 Å². The second-order valence-corrected chi connectivity index (χ2v) is 9.65. The summed E-state index contributed by atoms with van der Waals surface area (Å²) in [5.74, 6) is 0. The highest BCUT2D eigenvalue weighted by atomic mass is 28.4. The fraction of sp³-hybridized carbons (Fsp3) is 0.389. The molecular weight excluding hydrogens is 276 g/mol. The monoisotopic (exact) mass is 300 g/mol. The van der Waals surface area contributed by atoms with Gasteiger partial charge in [0.1, 0.15) is 0 Å². The molecule has 1 heterocycles. The van der Waals surface area contributed by atoms with Crippen LogP contribution < -0.4 is 0 Å². The predicted octanol–water partition coefficient (Wildman–Crippen LogP) is 4.09. The maximum absolute atomic E-state index is 10.4. The summed E-state index contributed by atoms with van der Waals surface area (Å²) in [5.41, 5.74) is 4.12. The highest BCUT2D eigenvalue weighted by molar-refractivity contribution is 6.81. The Morgan fingerprint density at radius 2 is 2.00 bits per heavy atom. The van der Waals surface area contributed by atoms with Gasteiger partial charge in [-0.3, -0.25) is 0 Å². The Labute approximate surface area is 128 Å². The van der Waals surface area contributed by atoms with Crippen LogP contribution in [0.25, 0.3) is 6.08 Å². The first-order valence-electron chi connectivity index (χ1n) is 7.64. The van der Waals surface area contributed by atoms with Gasteiger partial charge in [-0.15, -0.1) is 5.73 Å². The normalized spacial score (nSPS) is 25.0. The van der Waals surface area contributed by atoms with Gasteiger partial charge in [-0.1, -0.05) is 62.9 Å². The van der Waals surface area contributed by atoms with Crippen molar-refractivity contribution in [2.24, 2.45) is 0 Å². The van der Waals surface area contributed by atoms with Crippen molar-refractivity contribution in [2.45, 2.75) is 44.6 Å². The SMILES string of the molecule is C=C=C1[C@H](O)C[C@@H](/C=C/c2ccccc2)O[Si]1(CC)CC. The molecule has 0 saturated carbocycles. The van der Waals surface area contributed by atoms with E-state index in [2.05, 4.69) is 50.4 Å². The summed E-state index contributed by atoms with van der Waals surface area (Å²) in [7, 11) is -2.08. The van der Waals surface area contributed by atoms with Gasteiger partial charge in [-0.05, 0) is 17.7 Å². The lowest BCUT2D eigenvalue weighted by atomic mass is 10.1. The maximum Gasteiger partial charge on any atom is 0.230 e. The Morgan fingerprint density at radius 1 is 1.33 bits per heavy atom. The van der Waals surface area contributed by atoms with E-state index in [1.807, 2.05) is 18.2 Å². The van der Waals surface area contributed by atoms with Crippen molar-refractivity contribution in [2.75, 3.05) is 0 Å². The van der Waals surface area contributed by atoms with E-state index in [4.69, 9.17) is 4.43 Å². The Morgan fingerprint density at radius 3 is 2.57 bits per heavy atom. The second kappa shape index (κ2) is 7.06. The van der Waals surface area contributed by atoms with E-state index in [0.717, 1.165) is 22.8 Å². The standard InChI is InChI=1S/C18H24O2Si/c1-4-18-17(19)14-16(20-21(18,5-2)6-3)13-12-15-10-8-7-9-11-15/h7-13,16-17,19H,1,5-6,14H2,2-3H3/b13-12+/t16-,17-/m1/s1. The molecule has 1 aromatic rings. The summed E-state index contributed by atoms with van der Waals surface area (Å²) < 4.78 is 6.42. The molecular formula is C18H24O2Si. The first-order chi connectivity index (χ1) is 10.1. The molecule has 2 nitrogen and oxygen atoms in total. The molecule has 2 atom stereocenters. The summed E-state index contributed by atoms with van der Waals surface area (Å²) in [6.07, 6.45) is 4.25. The minimum Gasteiger partial charge on any atom is -0.406 e. The van der Waals surface area contributed by atoms with Crippen molar-refractivity contribution in [3.63, 3.8) is 0 Å². The Hall–Kier alpha value is -1.38. The van der Waals surface area contributed by atoms with E-state index in [0.29, 0.717) is 6.42 Å². The summed E-state index contributed by atoms with van der Waals surface area (Å²) in [4.78, 5) is 0. The van der Waals surface area contributed by atoms with E-state index in [9.17, 15) is 5.11 Å². The van der Waals surface area contributed by atoms with Gasteiger partial charge in [0.05, 0.1) is 12.2 Å². The maximum atomic E-state index is 10.4. The highest BCUT2D eigenvalue weighted by Gasteiger charge is 2.45. The summed E-state index contributed by atoms with van der Waals surface area (Å²) in [6.45, 7) is 8.04. The van der Waals surface area contributed by atoms with Gasteiger partial charge in [0, 0.05) is 11.6 Å². The molecule has 1 aliphatic heterocycles. The summed E-state index contributed by atoms with van der Waals surface area (Å²) in [5, 5.41) is 11.4. The number of hydrogen-bond donors (Lipinski definition) is 1. The van der Waals surface area contributed by atoms with Crippen molar-refractivity contribution in [1.82, 2.24) is 0 Å². The molecule has 0 aromatic heterocycles. The van der Waals surface area contributed by atoms with Crippen LogP contribution in [0.15, 0.2) is 53.9 Å². The van der Waals surface area contributed by atoms with Gasteiger partial charge >= 0.3 is 0 Å². The van der Waals surface area contributed by atoms with Crippen LogP contribution in [-0.2, 0) is 4.43 Å². The lowest BCUT2D eigenvalue weighted by Gasteiger charge is -2.41. The molecule has 0 radical (unpaired) electrons. The van der Waals surface area contributed by atoms with Crippen molar-refractivity contribution < 1.29 is 9.53 Å². The van der Waals surface area contributed by atoms with Crippen LogP contribution in [0.5, 0.6) is 0 Å². The molecule has 0 amide bonds. The third-order valence-corrected chi connectivity index (χ3v) is 8.82. The smallest absolute Gasteiger partial charge is 0.230 e. The fourth-order valence-corrected chi connectivity index (χ4v) is 6.54. The van der Waals surface area contributed by atoms with Crippen LogP contribution in [0.1, 0.15) is 25.8 Å². The molecule has 0 bridgehead atoms. The Balaban J connectivity index is 2.20. The van der Waals surface area contributed by atoms with Crippen LogP contribution >= 0.6 is 0 Å². The number of aliphatic hydroxyl groups is 1. The van der Waals surface area contributed by atoms with Crippen LogP contribution in [0.4, 0.5) is 0 Å². The van der Waals surface area contributed by atoms with Crippen LogP contribution in [0.3, 0.4) is 0 Å². The largest absolute Gasteiger partial charge is 0.406 e. The van der Waals surface area contributed by atoms with Crippen LogP contribution in [-0.4, -0.2) is 25.6 Å². The molecule has 21 heavy (non-hydrogen) atoms. The average molecular weight is 300 g/mol. The molecule has 2 rings (SSSR count). The molecule has 1 fully saturated rings. The van der Waals surface area contributed by atoms with Crippen molar-refractivity contribution in [1.29, 1.82) is 0 Å². The molecule has 1 saturated heterocycles. The second-order valence-electron chi connectivity index (χ2n) is 5.47. The average Bonchev–Trinajstić information content (AvgIpc) is 2.53. The van der Waals surface area contributed by atoms with Gasteiger partial charge in [0.15, 0.2) is 0 Å². The van der Waals surface area contributed by atoms with Gasteiger partial charge in [-0.2, -0.15) is 0 Å². The third kappa shape index (κ3) is 3.45. The molecule has 3 heteroatoms. The van der Waals surface area contributed by atoms with E-state index >= 15 is 0 Å². The molecule has 1 aliphatic rings. The summed E-state index contributed by atoms with van der Waals surface area (Å²) >= 11 is 0. The Kier molecular flexibility index (Phi) is 5.37. The molecule has 0 spiro atoms. The number of benzene rings is 1. The van der Waals surface area contributed by atoms with Crippen LogP contribution in [0.2, 0.25) is 12.1 Å². The van der Waals surface area contributed by atoms with E-state index < -0.39 is 14.4 Å². The predicted molar refractivity (Wildman–Crippen MR) is 90.3 cm³/mol. The molecule has 1 N–H and O–H groups in total. The zero-order valence-corrected chi connectivity index (χ0v) is 13.9. The minimum atomic E-state index is -2.08. The summed E-state index contributed by atoms with van der Waals surface area (Å²) in [6, 6.07) is 12.1. The first kappa shape index (κ1) is 16.0. The molecule has 1 aromatic carbocycles.